The molecule has 0 aliphatic carbocycles. The summed E-state index contributed by atoms with van der Waals surface area (Å²) in [5.41, 5.74) is 3.63. The van der Waals surface area contributed by atoms with E-state index in [1.54, 1.807) is 12.1 Å². The Bertz CT molecular complexity index is 614. The second-order valence-corrected chi connectivity index (χ2v) is 5.58. The molecule has 2 rings (SSSR count). The SMILES string of the molecule is Cc1cc(C)cc(CC(=O)c2ccc(Br)c(F)c2)c1. The molecule has 1 nitrogen and oxygen atoms in total. The first-order chi connectivity index (χ1) is 8.95. The molecular formula is C16H14BrFO. The van der Waals surface area contributed by atoms with Gasteiger partial charge in [0.25, 0.3) is 0 Å². The lowest BCUT2D eigenvalue weighted by atomic mass is 10.00. The molecular weight excluding hydrogens is 307 g/mol. The number of ketones is 1. The summed E-state index contributed by atoms with van der Waals surface area (Å²) >= 11 is 3.08. The molecule has 0 radical (unpaired) electrons. The van der Waals surface area contributed by atoms with Crippen LogP contribution in [0.25, 0.3) is 0 Å². The van der Waals surface area contributed by atoms with E-state index in [2.05, 4.69) is 22.0 Å². The number of halogens is 2. The molecule has 0 saturated heterocycles. The van der Waals surface area contributed by atoms with Crippen LogP contribution in [0.3, 0.4) is 0 Å². The summed E-state index contributed by atoms with van der Waals surface area (Å²) in [4.78, 5) is 12.1. The molecule has 0 saturated carbocycles. The van der Waals surface area contributed by atoms with E-state index in [4.69, 9.17) is 0 Å². The molecule has 0 aliphatic rings. The standard InChI is InChI=1S/C16H14BrFO/c1-10-5-11(2)7-12(6-10)8-16(19)13-3-4-14(17)15(18)9-13/h3-7,9H,8H2,1-2H3. The summed E-state index contributed by atoms with van der Waals surface area (Å²) in [6.07, 6.45) is 0.295. The molecule has 19 heavy (non-hydrogen) atoms. The highest BCUT2D eigenvalue weighted by Crippen LogP contribution is 2.18. The van der Waals surface area contributed by atoms with Crippen LogP contribution in [0.15, 0.2) is 40.9 Å². The number of hydrogen-bond acceptors (Lipinski definition) is 1. The predicted octanol–water partition coefficient (Wildman–Crippen LogP) is 4.63. The Kier molecular flexibility index (Phi) is 4.15. The van der Waals surface area contributed by atoms with Crippen LogP contribution in [-0.2, 0) is 6.42 Å². The lowest BCUT2D eigenvalue weighted by Crippen LogP contribution is -2.04. The molecule has 2 aromatic rings. The Hall–Kier alpha value is -1.48. The van der Waals surface area contributed by atoms with Crippen molar-refractivity contribution in [3.05, 3.63) is 68.9 Å². The van der Waals surface area contributed by atoms with Gasteiger partial charge in [0.1, 0.15) is 5.82 Å². The third-order valence-electron chi connectivity index (χ3n) is 2.89. The maximum Gasteiger partial charge on any atom is 0.167 e. The van der Waals surface area contributed by atoms with Gasteiger partial charge in [0, 0.05) is 12.0 Å². The van der Waals surface area contributed by atoms with Crippen molar-refractivity contribution in [2.45, 2.75) is 20.3 Å². The highest BCUT2D eigenvalue weighted by Gasteiger charge is 2.10. The van der Waals surface area contributed by atoms with E-state index in [1.807, 2.05) is 26.0 Å². The van der Waals surface area contributed by atoms with E-state index in [0.717, 1.165) is 16.7 Å². The van der Waals surface area contributed by atoms with Crippen molar-refractivity contribution in [3.8, 4) is 0 Å². The number of carbonyl (C=O) groups excluding carboxylic acids is 1. The molecule has 0 amide bonds. The highest BCUT2D eigenvalue weighted by atomic mass is 79.9. The minimum Gasteiger partial charge on any atom is -0.294 e. The third kappa shape index (κ3) is 3.51. The summed E-state index contributed by atoms with van der Waals surface area (Å²) < 4.78 is 13.8. The number of benzene rings is 2. The highest BCUT2D eigenvalue weighted by molar-refractivity contribution is 9.10. The molecule has 0 aromatic heterocycles. The third-order valence-corrected chi connectivity index (χ3v) is 3.53. The van der Waals surface area contributed by atoms with E-state index < -0.39 is 5.82 Å². The zero-order chi connectivity index (χ0) is 14.0. The van der Waals surface area contributed by atoms with Gasteiger partial charge in [0.15, 0.2) is 5.78 Å². The van der Waals surface area contributed by atoms with Crippen molar-refractivity contribution in [2.24, 2.45) is 0 Å². The van der Waals surface area contributed by atoms with Gasteiger partial charge < -0.3 is 0 Å². The van der Waals surface area contributed by atoms with Crippen molar-refractivity contribution >= 4 is 21.7 Å². The van der Waals surface area contributed by atoms with Gasteiger partial charge in [0.05, 0.1) is 4.47 Å². The van der Waals surface area contributed by atoms with Gasteiger partial charge in [0.2, 0.25) is 0 Å². The van der Waals surface area contributed by atoms with E-state index in [1.165, 1.54) is 6.07 Å². The molecule has 0 fully saturated rings. The fourth-order valence-electron chi connectivity index (χ4n) is 2.13. The average Bonchev–Trinajstić information content (AvgIpc) is 2.31. The van der Waals surface area contributed by atoms with Crippen LogP contribution in [0, 0.1) is 19.7 Å². The van der Waals surface area contributed by atoms with Gasteiger partial charge in [-0.1, -0.05) is 35.4 Å². The fourth-order valence-corrected chi connectivity index (χ4v) is 2.37. The van der Waals surface area contributed by atoms with Crippen molar-refractivity contribution in [3.63, 3.8) is 0 Å². The number of hydrogen-bond donors (Lipinski definition) is 0. The normalized spacial score (nSPS) is 10.5. The predicted molar refractivity (Wildman–Crippen MR) is 78.1 cm³/mol. The first-order valence-corrected chi connectivity index (χ1v) is 6.80. The molecule has 98 valence electrons. The van der Waals surface area contributed by atoms with Crippen LogP contribution < -0.4 is 0 Å². The van der Waals surface area contributed by atoms with Crippen LogP contribution in [0.2, 0.25) is 0 Å². The minimum atomic E-state index is -0.411. The Morgan fingerprint density at radius 2 is 1.74 bits per heavy atom. The molecule has 0 N–H and O–H groups in total. The topological polar surface area (TPSA) is 17.1 Å². The minimum absolute atomic E-state index is 0.0728. The van der Waals surface area contributed by atoms with Crippen molar-refractivity contribution in [2.75, 3.05) is 0 Å². The van der Waals surface area contributed by atoms with Gasteiger partial charge >= 0.3 is 0 Å². The van der Waals surface area contributed by atoms with E-state index in [0.29, 0.717) is 16.5 Å². The van der Waals surface area contributed by atoms with Crippen LogP contribution in [0.5, 0.6) is 0 Å². The van der Waals surface area contributed by atoms with Crippen LogP contribution >= 0.6 is 15.9 Å². The van der Waals surface area contributed by atoms with Crippen molar-refractivity contribution < 1.29 is 9.18 Å². The van der Waals surface area contributed by atoms with Gasteiger partial charge in [-0.2, -0.15) is 0 Å². The van der Waals surface area contributed by atoms with E-state index >= 15 is 0 Å². The van der Waals surface area contributed by atoms with Gasteiger partial charge in [-0.3, -0.25) is 4.79 Å². The lowest BCUT2D eigenvalue weighted by Gasteiger charge is -2.05. The van der Waals surface area contributed by atoms with Crippen LogP contribution in [0.1, 0.15) is 27.0 Å². The second-order valence-electron chi connectivity index (χ2n) is 4.72. The maximum atomic E-state index is 13.4. The number of Topliss-reactive ketones (excluding diaryl/α,β-unsaturated/α-hetero) is 1. The molecule has 2 aromatic carbocycles. The Balaban J connectivity index is 2.22. The first kappa shape index (κ1) is 13.9. The zero-order valence-electron chi connectivity index (χ0n) is 10.8. The van der Waals surface area contributed by atoms with Gasteiger partial charge in [-0.05, 0) is 47.5 Å². The quantitative estimate of drug-likeness (QED) is 0.753. The summed E-state index contributed by atoms with van der Waals surface area (Å²) in [6.45, 7) is 4.00. The maximum absolute atomic E-state index is 13.4. The average molecular weight is 321 g/mol. The van der Waals surface area contributed by atoms with Crippen molar-refractivity contribution in [1.29, 1.82) is 0 Å². The molecule has 0 heterocycles. The molecule has 0 spiro atoms. The smallest absolute Gasteiger partial charge is 0.167 e. The molecule has 0 unspecified atom stereocenters. The monoisotopic (exact) mass is 320 g/mol. The van der Waals surface area contributed by atoms with Gasteiger partial charge in [-0.25, -0.2) is 4.39 Å². The Labute approximate surface area is 120 Å². The van der Waals surface area contributed by atoms with Crippen LogP contribution in [-0.4, -0.2) is 5.78 Å². The lowest BCUT2D eigenvalue weighted by molar-refractivity contribution is 0.0992. The first-order valence-electron chi connectivity index (χ1n) is 6.01. The number of aryl methyl sites for hydroxylation is 2. The molecule has 3 heteroatoms. The largest absolute Gasteiger partial charge is 0.294 e. The Morgan fingerprint density at radius 3 is 2.32 bits per heavy atom. The summed E-state index contributed by atoms with van der Waals surface area (Å²) in [7, 11) is 0. The number of rotatable bonds is 3. The zero-order valence-corrected chi connectivity index (χ0v) is 12.4. The molecule has 0 atom stereocenters. The van der Waals surface area contributed by atoms with E-state index in [-0.39, 0.29) is 5.78 Å². The van der Waals surface area contributed by atoms with Gasteiger partial charge in [-0.15, -0.1) is 0 Å². The summed E-state index contributed by atoms with van der Waals surface area (Å²) in [5, 5.41) is 0. The van der Waals surface area contributed by atoms with Crippen molar-refractivity contribution in [1.82, 2.24) is 0 Å². The van der Waals surface area contributed by atoms with Crippen LogP contribution in [0.4, 0.5) is 4.39 Å². The Morgan fingerprint density at radius 1 is 1.11 bits per heavy atom. The summed E-state index contributed by atoms with van der Waals surface area (Å²) in [6, 6.07) is 10.5. The molecule has 0 aliphatic heterocycles. The van der Waals surface area contributed by atoms with E-state index in [9.17, 15) is 9.18 Å². The number of carbonyl (C=O) groups is 1. The molecule has 0 bridgehead atoms. The summed E-state index contributed by atoms with van der Waals surface area (Å²) in [5.74, 6) is -0.484. The fraction of sp³-hybridized carbons (Fsp3) is 0.188. The second kappa shape index (κ2) is 5.66.